The third-order valence-electron chi connectivity index (χ3n) is 9.93. The second kappa shape index (κ2) is 31.0. The van der Waals surface area contributed by atoms with E-state index >= 15 is 0 Å². The van der Waals surface area contributed by atoms with Gasteiger partial charge in [-0.05, 0) is 38.5 Å². The van der Waals surface area contributed by atoms with Gasteiger partial charge in [-0.1, -0.05) is 142 Å². The fourth-order valence-electron chi connectivity index (χ4n) is 6.58. The molecule has 14 heteroatoms. The van der Waals surface area contributed by atoms with Crippen LogP contribution >= 0.6 is 0 Å². The smallest absolute Gasteiger partial charge is 0.394 e. The molecule has 1 amide bonds. The van der Waals surface area contributed by atoms with E-state index in [1.807, 2.05) is 0 Å². The van der Waals surface area contributed by atoms with E-state index in [9.17, 15) is 38.7 Å². The Bertz CT molecular complexity index is 1030. The summed E-state index contributed by atoms with van der Waals surface area (Å²) in [5.74, 6) is -0.688. The average Bonchev–Trinajstić information content (AvgIpc) is 3.12. The molecule has 1 heterocycles. The highest BCUT2D eigenvalue weighted by Gasteiger charge is 2.48. The molecule has 314 valence electrons. The Hall–Kier alpha value is -1.20. The van der Waals surface area contributed by atoms with Crippen molar-refractivity contribution in [2.45, 2.75) is 217 Å². The van der Waals surface area contributed by atoms with E-state index in [0.29, 0.717) is 19.3 Å². The lowest BCUT2D eigenvalue weighted by Crippen LogP contribution is -2.61. The van der Waals surface area contributed by atoms with Crippen molar-refractivity contribution < 1.29 is 57.0 Å². The molecular weight excluding hydrogens is 706 g/mol. The van der Waals surface area contributed by atoms with Crippen LogP contribution in [0.25, 0.3) is 0 Å². The van der Waals surface area contributed by atoms with Gasteiger partial charge in [-0.2, -0.15) is 8.42 Å². The number of carbonyl (C=O) groups excluding carboxylic acids is 1. The molecule has 0 bridgehead atoms. The van der Waals surface area contributed by atoms with Crippen LogP contribution in [0, 0.1) is 0 Å². The van der Waals surface area contributed by atoms with Gasteiger partial charge in [-0.3, -0.25) is 9.35 Å². The molecule has 7 N–H and O–H groups in total. The molecule has 1 saturated heterocycles. The van der Waals surface area contributed by atoms with Crippen molar-refractivity contribution in [2.75, 3.05) is 13.2 Å². The first kappa shape index (κ1) is 49.8. The molecule has 53 heavy (non-hydrogen) atoms. The van der Waals surface area contributed by atoms with E-state index in [0.717, 1.165) is 38.5 Å². The summed E-state index contributed by atoms with van der Waals surface area (Å²) in [6.07, 6.45) is 18.4. The van der Waals surface area contributed by atoms with Crippen LogP contribution in [0.1, 0.15) is 168 Å². The van der Waals surface area contributed by atoms with Crippen LogP contribution in [0.2, 0.25) is 0 Å². The lowest BCUT2D eigenvalue weighted by Gasteiger charge is -2.41. The van der Waals surface area contributed by atoms with Gasteiger partial charge < -0.3 is 40.3 Å². The molecule has 1 aliphatic heterocycles. The molecule has 0 saturated carbocycles. The molecule has 0 aromatic rings. The first-order valence-corrected chi connectivity index (χ1v) is 22.0. The Morgan fingerprint density at radius 1 is 0.736 bits per heavy atom. The summed E-state index contributed by atoms with van der Waals surface area (Å²) < 4.78 is 47.4. The molecule has 1 rings (SSSR count). The third kappa shape index (κ3) is 24.1. The van der Waals surface area contributed by atoms with Crippen LogP contribution in [0.3, 0.4) is 0 Å². The normalized spacial score (nSPS) is 22.6. The number of hydrogen-bond donors (Lipinski definition) is 7. The highest BCUT2D eigenvalue weighted by molar-refractivity contribution is 7.80. The van der Waals surface area contributed by atoms with Gasteiger partial charge >= 0.3 is 10.4 Å². The summed E-state index contributed by atoms with van der Waals surface area (Å²) in [5.41, 5.74) is 0. The monoisotopic (exact) mass is 782 g/mol. The SMILES string of the molecule is CCCCCCCC/C=C\CCCCC(O)C(=O)NC(COC1OC(CO)C(O)C(OS(=O)(=O)O)C1O)C(O)CCCCCCCCCCCCCC. The van der Waals surface area contributed by atoms with Crippen molar-refractivity contribution in [1.82, 2.24) is 5.32 Å². The van der Waals surface area contributed by atoms with E-state index in [-0.39, 0.29) is 6.42 Å². The van der Waals surface area contributed by atoms with Gasteiger partial charge in [0.05, 0.1) is 25.4 Å². The zero-order valence-corrected chi connectivity index (χ0v) is 33.5. The van der Waals surface area contributed by atoms with E-state index in [2.05, 4.69) is 35.5 Å². The highest BCUT2D eigenvalue weighted by Crippen LogP contribution is 2.26. The molecule has 1 aliphatic rings. The average molecular weight is 782 g/mol. The van der Waals surface area contributed by atoms with Gasteiger partial charge in [-0.25, -0.2) is 4.18 Å². The van der Waals surface area contributed by atoms with Gasteiger partial charge in [0.2, 0.25) is 5.91 Å². The summed E-state index contributed by atoms with van der Waals surface area (Å²) in [6.45, 7) is 3.22. The first-order chi connectivity index (χ1) is 25.4. The van der Waals surface area contributed by atoms with Crippen molar-refractivity contribution in [1.29, 1.82) is 0 Å². The number of aliphatic hydroxyl groups excluding tert-OH is 5. The van der Waals surface area contributed by atoms with Gasteiger partial charge in [0, 0.05) is 0 Å². The number of amides is 1. The summed E-state index contributed by atoms with van der Waals surface area (Å²) in [5, 5.41) is 55.0. The number of rotatable bonds is 34. The van der Waals surface area contributed by atoms with Gasteiger partial charge in [0.15, 0.2) is 6.29 Å². The minimum atomic E-state index is -5.10. The zero-order valence-electron chi connectivity index (χ0n) is 32.7. The van der Waals surface area contributed by atoms with Crippen LogP contribution in [0.4, 0.5) is 0 Å². The molecule has 8 unspecified atom stereocenters. The Balaban J connectivity index is 2.66. The largest absolute Gasteiger partial charge is 0.397 e. The van der Waals surface area contributed by atoms with Crippen LogP contribution in [-0.2, 0) is 28.9 Å². The minimum Gasteiger partial charge on any atom is -0.394 e. The summed E-state index contributed by atoms with van der Waals surface area (Å²) in [6, 6.07) is -1.04. The van der Waals surface area contributed by atoms with Crippen LogP contribution in [0.15, 0.2) is 12.2 Å². The fourth-order valence-corrected chi connectivity index (χ4v) is 7.08. The highest BCUT2D eigenvalue weighted by atomic mass is 32.3. The molecule has 0 aromatic carbocycles. The van der Waals surface area contributed by atoms with Crippen LogP contribution < -0.4 is 5.32 Å². The standard InChI is InChI=1S/C39H75NO12S/c1-3-5-7-9-11-13-15-17-19-21-23-25-27-32(42)31(30-50-39-36(45)37(52-53(47,48)49)35(44)34(29-41)51-39)40-38(46)33(43)28-26-24-22-20-18-16-14-12-10-8-6-4-2/h18,20,31-37,39,41-45H,3-17,19,21-30H2,1-2H3,(H,40,46)(H,47,48,49)/b20-18-. The maximum atomic E-state index is 13.0. The Kier molecular flexibility index (Phi) is 29.1. The predicted molar refractivity (Wildman–Crippen MR) is 205 cm³/mol. The number of ether oxygens (including phenoxy) is 2. The van der Waals surface area contributed by atoms with E-state index in [1.54, 1.807) is 0 Å². The van der Waals surface area contributed by atoms with Crippen molar-refractivity contribution in [2.24, 2.45) is 0 Å². The maximum Gasteiger partial charge on any atom is 0.397 e. The van der Waals surface area contributed by atoms with E-state index in [1.165, 1.54) is 89.9 Å². The van der Waals surface area contributed by atoms with Crippen molar-refractivity contribution >= 4 is 16.3 Å². The number of allylic oxidation sites excluding steroid dienone is 2. The Labute approximate surface area is 320 Å². The van der Waals surface area contributed by atoms with Crippen molar-refractivity contribution in [3.8, 4) is 0 Å². The van der Waals surface area contributed by atoms with Crippen LogP contribution in [0.5, 0.6) is 0 Å². The number of hydrogen-bond acceptors (Lipinski definition) is 11. The molecule has 0 aliphatic carbocycles. The second-order valence-corrected chi connectivity index (χ2v) is 15.8. The van der Waals surface area contributed by atoms with Gasteiger partial charge in [0.25, 0.3) is 0 Å². The van der Waals surface area contributed by atoms with Crippen molar-refractivity contribution in [3.63, 3.8) is 0 Å². The molecule has 13 nitrogen and oxygen atoms in total. The van der Waals surface area contributed by atoms with Gasteiger partial charge in [0.1, 0.15) is 30.5 Å². The summed E-state index contributed by atoms with van der Waals surface area (Å²) >= 11 is 0. The molecule has 0 radical (unpaired) electrons. The summed E-state index contributed by atoms with van der Waals surface area (Å²) in [4.78, 5) is 13.0. The predicted octanol–water partition coefficient (Wildman–Crippen LogP) is 5.80. The molecular formula is C39H75NO12S. The number of unbranched alkanes of at least 4 members (excludes halogenated alkanes) is 19. The first-order valence-electron chi connectivity index (χ1n) is 20.7. The zero-order chi connectivity index (χ0) is 39.3. The quantitative estimate of drug-likeness (QED) is 0.0235. The van der Waals surface area contributed by atoms with Gasteiger partial charge in [-0.15, -0.1) is 0 Å². The molecule has 1 fully saturated rings. The number of nitrogens with one attached hydrogen (secondary N) is 1. The fraction of sp³-hybridized carbons (Fsp3) is 0.923. The second-order valence-electron chi connectivity index (χ2n) is 14.7. The molecule has 0 spiro atoms. The number of aliphatic hydroxyl groups is 5. The molecule has 0 aromatic heterocycles. The lowest BCUT2D eigenvalue weighted by atomic mass is 9.99. The summed E-state index contributed by atoms with van der Waals surface area (Å²) in [7, 11) is -5.10. The van der Waals surface area contributed by atoms with E-state index < -0.39 is 78.5 Å². The third-order valence-corrected chi connectivity index (χ3v) is 10.4. The molecule has 8 atom stereocenters. The lowest BCUT2D eigenvalue weighted by molar-refractivity contribution is -0.298. The topological polar surface area (TPSA) is 212 Å². The number of carbonyl (C=O) groups is 1. The maximum absolute atomic E-state index is 13.0. The Morgan fingerprint density at radius 2 is 1.21 bits per heavy atom. The van der Waals surface area contributed by atoms with Crippen molar-refractivity contribution in [3.05, 3.63) is 12.2 Å². The van der Waals surface area contributed by atoms with Crippen LogP contribution in [-0.4, -0.2) is 107 Å². The Morgan fingerprint density at radius 3 is 1.72 bits per heavy atom. The minimum absolute atomic E-state index is 0.231. The van der Waals surface area contributed by atoms with E-state index in [4.69, 9.17) is 14.0 Å².